The van der Waals surface area contributed by atoms with Gasteiger partial charge in [0.2, 0.25) is 17.3 Å². The van der Waals surface area contributed by atoms with Crippen molar-refractivity contribution in [3.8, 4) is 0 Å². The van der Waals surface area contributed by atoms with Crippen LogP contribution in [0, 0.1) is 0 Å². The molecule has 0 spiro atoms. The standard InChI is InChI=1S/3C5H2F6O2.Fe/c3*6-4(7,8)2(12)1-3(13)5(9,10)11;/h3*1,12H;/b2-1+;2*2-1-;. The number of rotatable bonds is 3. The van der Waals surface area contributed by atoms with Gasteiger partial charge in [0.1, 0.15) is 0 Å². The van der Waals surface area contributed by atoms with Gasteiger partial charge in [-0.3, -0.25) is 14.4 Å². The molecule has 0 aromatic rings. The summed E-state index contributed by atoms with van der Waals surface area (Å²) in [6, 6.07) is 0. The van der Waals surface area contributed by atoms with Crippen LogP contribution in [0.25, 0.3) is 0 Å². The number of allylic oxidation sites excluding steroid dienone is 6. The molecule has 40 heavy (non-hydrogen) atoms. The summed E-state index contributed by atoms with van der Waals surface area (Å²) >= 11 is 0. The fraction of sp³-hybridized carbons (Fsp3) is 0.400. The summed E-state index contributed by atoms with van der Waals surface area (Å²) in [6.45, 7) is 0. The molecular weight excluding hydrogens is 674 g/mol. The van der Waals surface area contributed by atoms with Crippen molar-refractivity contribution >= 4 is 17.3 Å². The number of halogens is 18. The molecule has 0 aliphatic heterocycles. The first kappa shape index (κ1) is 43.9. The minimum Gasteiger partial charge on any atom is -0.504 e. The summed E-state index contributed by atoms with van der Waals surface area (Å²) < 4.78 is 204. The van der Waals surface area contributed by atoms with E-state index in [1.54, 1.807) is 0 Å². The van der Waals surface area contributed by atoms with E-state index in [0.717, 1.165) is 0 Å². The largest absolute Gasteiger partial charge is 0.504 e. The minimum absolute atomic E-state index is 0. The Bertz CT molecular complexity index is 834. The predicted molar refractivity (Wildman–Crippen MR) is 83.5 cm³/mol. The summed E-state index contributed by atoms with van der Waals surface area (Å²) in [5, 5.41) is 23.8. The van der Waals surface area contributed by atoms with E-state index in [-0.39, 0.29) is 17.1 Å². The Hall–Kier alpha value is -3.11. The van der Waals surface area contributed by atoms with E-state index < -0.39 is 89.9 Å². The van der Waals surface area contributed by atoms with E-state index in [4.69, 9.17) is 15.3 Å². The first-order valence-corrected chi connectivity index (χ1v) is 7.92. The summed E-state index contributed by atoms with van der Waals surface area (Å²) in [6.07, 6.45) is -35.0. The first-order valence-electron chi connectivity index (χ1n) is 7.92. The molecule has 0 fully saturated rings. The molecule has 0 bridgehead atoms. The van der Waals surface area contributed by atoms with Gasteiger partial charge in [0.05, 0.1) is 0 Å². The van der Waals surface area contributed by atoms with Crippen molar-refractivity contribution in [2.24, 2.45) is 0 Å². The van der Waals surface area contributed by atoms with Crippen LogP contribution in [-0.2, 0) is 31.5 Å². The van der Waals surface area contributed by atoms with Crippen LogP contribution in [0.2, 0.25) is 0 Å². The van der Waals surface area contributed by atoms with Gasteiger partial charge in [-0.1, -0.05) is 0 Å². The Balaban J connectivity index is -0.000000240. The van der Waals surface area contributed by atoms with Gasteiger partial charge < -0.3 is 15.3 Å². The first-order chi connectivity index (χ1) is 16.6. The van der Waals surface area contributed by atoms with Gasteiger partial charge in [-0.05, 0) is 0 Å². The van der Waals surface area contributed by atoms with Gasteiger partial charge in [-0.2, -0.15) is 79.0 Å². The number of carbonyl (C=O) groups excluding carboxylic acids is 3. The molecule has 0 aliphatic rings. The molecule has 236 valence electrons. The Morgan fingerprint density at radius 1 is 0.350 bits per heavy atom. The second-order valence-electron chi connectivity index (χ2n) is 5.67. The van der Waals surface area contributed by atoms with Crippen LogP contribution < -0.4 is 0 Å². The third-order valence-electron chi connectivity index (χ3n) is 2.51. The molecule has 6 nitrogen and oxygen atoms in total. The third-order valence-corrected chi connectivity index (χ3v) is 2.51. The van der Waals surface area contributed by atoms with Gasteiger partial charge in [0.15, 0.2) is 0 Å². The molecule has 0 amide bonds. The van der Waals surface area contributed by atoms with Gasteiger partial charge in [-0.15, -0.1) is 0 Å². The number of hydrogen-bond donors (Lipinski definition) is 3. The van der Waals surface area contributed by atoms with Crippen LogP contribution in [0.5, 0.6) is 0 Å². The van der Waals surface area contributed by atoms with Gasteiger partial charge in [0.25, 0.3) is 17.3 Å². The molecule has 0 rings (SSSR count). The van der Waals surface area contributed by atoms with Gasteiger partial charge >= 0.3 is 37.1 Å². The fourth-order valence-corrected chi connectivity index (χ4v) is 0.864. The van der Waals surface area contributed by atoms with Crippen molar-refractivity contribution in [2.45, 2.75) is 37.1 Å². The van der Waals surface area contributed by atoms with E-state index in [0.29, 0.717) is 0 Å². The average molecular weight is 680 g/mol. The quantitative estimate of drug-likeness (QED) is 0.139. The molecular formula is C15H6F18FeO6. The van der Waals surface area contributed by atoms with Crippen LogP contribution in [0.4, 0.5) is 79.0 Å². The maximum absolute atomic E-state index is 11.4. The summed E-state index contributed by atoms with van der Waals surface area (Å²) in [5.74, 6) is -16.0. The number of carbonyl (C=O) groups is 3. The predicted octanol–water partition coefficient (Wildman–Crippen LogP) is 6.36. The molecule has 0 saturated heterocycles. The molecule has 0 aliphatic carbocycles. The molecule has 0 radical (unpaired) electrons. The zero-order valence-electron chi connectivity index (χ0n) is 17.5. The second-order valence-corrected chi connectivity index (χ2v) is 5.67. The molecule has 0 aromatic carbocycles. The molecule has 0 aromatic heterocycles. The van der Waals surface area contributed by atoms with Crippen molar-refractivity contribution < 1.29 is 126 Å². The van der Waals surface area contributed by atoms with Crippen molar-refractivity contribution in [3.63, 3.8) is 0 Å². The summed E-state index contributed by atoms with van der Waals surface area (Å²) in [5.41, 5.74) is 0. The van der Waals surface area contributed by atoms with Crippen molar-refractivity contribution in [1.82, 2.24) is 0 Å². The minimum atomic E-state index is -5.42. The van der Waals surface area contributed by atoms with Gasteiger partial charge in [0, 0.05) is 35.3 Å². The van der Waals surface area contributed by atoms with Crippen molar-refractivity contribution in [1.29, 1.82) is 0 Å². The molecule has 3 N–H and O–H groups in total. The molecule has 0 atom stereocenters. The number of hydrogen-bond acceptors (Lipinski definition) is 6. The number of alkyl halides is 18. The smallest absolute Gasteiger partial charge is 0.454 e. The van der Waals surface area contributed by atoms with Crippen molar-refractivity contribution in [2.75, 3.05) is 0 Å². The van der Waals surface area contributed by atoms with Crippen LogP contribution >= 0.6 is 0 Å². The monoisotopic (exact) mass is 680 g/mol. The Morgan fingerprint density at radius 3 is 0.550 bits per heavy atom. The summed E-state index contributed by atoms with van der Waals surface area (Å²) in [4.78, 5) is 29.6. The molecule has 0 heterocycles. The Labute approximate surface area is 216 Å². The molecule has 0 unspecified atom stereocenters. The SMILES string of the molecule is O=C(/C=C(/O)C(F)(F)F)C(F)(F)F.O=C(/C=C(\O)C(F)(F)F)C(F)(F)F.O=C(/C=C(\O)C(F)(F)F)C(F)(F)F.[Fe]. The third kappa shape index (κ3) is 19.9. The maximum Gasteiger partial charge on any atom is 0.454 e. The van der Waals surface area contributed by atoms with Crippen LogP contribution in [-0.4, -0.2) is 69.7 Å². The van der Waals surface area contributed by atoms with E-state index in [1.165, 1.54) is 0 Å². The van der Waals surface area contributed by atoms with Crippen LogP contribution in [0.1, 0.15) is 0 Å². The Morgan fingerprint density at radius 2 is 0.475 bits per heavy atom. The van der Waals surface area contributed by atoms with E-state index in [9.17, 15) is 93.4 Å². The maximum atomic E-state index is 11.4. The molecule has 25 heteroatoms. The average Bonchev–Trinajstić information content (AvgIpc) is 2.64. The van der Waals surface area contributed by atoms with Crippen molar-refractivity contribution in [3.05, 3.63) is 35.5 Å². The normalized spacial score (nSPS) is 14.1. The Kier molecular flexibility index (Phi) is 16.5. The fourth-order valence-electron chi connectivity index (χ4n) is 0.864. The van der Waals surface area contributed by atoms with Crippen LogP contribution in [0.15, 0.2) is 35.5 Å². The second kappa shape index (κ2) is 15.0. The van der Waals surface area contributed by atoms with E-state index in [1.807, 2.05) is 0 Å². The van der Waals surface area contributed by atoms with Crippen LogP contribution in [0.3, 0.4) is 0 Å². The van der Waals surface area contributed by atoms with Gasteiger partial charge in [-0.25, -0.2) is 0 Å². The van der Waals surface area contributed by atoms with E-state index in [2.05, 4.69) is 0 Å². The van der Waals surface area contributed by atoms with E-state index >= 15 is 0 Å². The topological polar surface area (TPSA) is 112 Å². The summed E-state index contributed by atoms with van der Waals surface area (Å²) in [7, 11) is 0. The number of aliphatic hydroxyl groups is 3. The molecule has 0 saturated carbocycles. The zero-order valence-corrected chi connectivity index (χ0v) is 18.6. The number of ketones is 3. The zero-order chi connectivity index (χ0) is 32.6. The number of aliphatic hydroxyl groups excluding tert-OH is 3.